The molecule has 1 saturated heterocycles. The molecule has 22 heavy (non-hydrogen) atoms. The predicted molar refractivity (Wildman–Crippen MR) is 85.7 cm³/mol. The van der Waals surface area contributed by atoms with Crippen molar-refractivity contribution in [2.75, 3.05) is 26.7 Å². The summed E-state index contributed by atoms with van der Waals surface area (Å²) >= 11 is 0. The molecule has 0 radical (unpaired) electrons. The summed E-state index contributed by atoms with van der Waals surface area (Å²) in [4.78, 5) is 17.4. The van der Waals surface area contributed by atoms with E-state index in [0.717, 1.165) is 38.0 Å². The number of imidazole rings is 1. The second-order valence-electron chi connectivity index (χ2n) is 6.18. The number of hydrogen-bond donors (Lipinski definition) is 2. The van der Waals surface area contributed by atoms with E-state index in [9.17, 15) is 9.18 Å². The lowest BCUT2D eigenvalue weighted by Gasteiger charge is -2.33. The molecule has 2 aromatic rings. The molecule has 6 heteroatoms. The monoisotopic (exact) mass is 306 g/mol. The fourth-order valence-electron chi connectivity index (χ4n) is 3.30. The zero-order chi connectivity index (χ0) is 15.7. The van der Waals surface area contributed by atoms with Crippen LogP contribution in [0.2, 0.25) is 0 Å². The van der Waals surface area contributed by atoms with Crippen molar-refractivity contribution in [1.82, 2.24) is 19.8 Å². The number of aromatic nitrogens is 2. The molecule has 0 bridgehead atoms. The van der Waals surface area contributed by atoms with Crippen LogP contribution in [0.3, 0.4) is 0 Å². The molecule has 1 atom stereocenters. The summed E-state index contributed by atoms with van der Waals surface area (Å²) in [5.74, 6) is -0.322. The number of likely N-dealkylation sites (N-methyl/N-ethyl adjacent to an activating group) is 1. The Labute approximate surface area is 129 Å². The molecule has 2 heterocycles. The first kappa shape index (κ1) is 15.2. The molecule has 1 aromatic heterocycles. The van der Waals surface area contributed by atoms with Crippen LogP contribution in [-0.2, 0) is 0 Å². The average molecular weight is 306 g/mol. The molecular formula is C16H23FN4O. The number of nitrogens with one attached hydrogen (secondary N) is 2. The third kappa shape index (κ3) is 2.94. The second-order valence-corrected chi connectivity index (χ2v) is 6.18. The maximum atomic E-state index is 13.3. The molecule has 1 aliphatic rings. The van der Waals surface area contributed by atoms with Crippen molar-refractivity contribution in [3.05, 3.63) is 34.5 Å². The smallest absolute Gasteiger partial charge is 0.316 e. The average Bonchev–Trinajstić information content (AvgIpc) is 2.83. The highest BCUT2D eigenvalue weighted by atomic mass is 19.1. The summed E-state index contributed by atoms with van der Waals surface area (Å²) in [6, 6.07) is 5.15. The van der Waals surface area contributed by atoms with Crippen molar-refractivity contribution in [3.63, 3.8) is 0 Å². The third-order valence-electron chi connectivity index (χ3n) is 4.63. The summed E-state index contributed by atoms with van der Waals surface area (Å²) < 4.78 is 15.1. The predicted octanol–water partition coefficient (Wildman–Crippen LogP) is 1.71. The first-order valence-corrected chi connectivity index (χ1v) is 7.88. The van der Waals surface area contributed by atoms with Crippen LogP contribution in [0.15, 0.2) is 23.0 Å². The maximum Gasteiger partial charge on any atom is 0.326 e. The molecule has 120 valence electrons. The van der Waals surface area contributed by atoms with Gasteiger partial charge in [-0.15, -0.1) is 0 Å². The van der Waals surface area contributed by atoms with E-state index in [2.05, 4.69) is 22.1 Å². The highest BCUT2D eigenvalue weighted by Gasteiger charge is 2.24. The van der Waals surface area contributed by atoms with Crippen molar-refractivity contribution in [2.45, 2.75) is 31.8 Å². The largest absolute Gasteiger partial charge is 0.326 e. The van der Waals surface area contributed by atoms with Crippen molar-refractivity contribution in [3.8, 4) is 0 Å². The summed E-state index contributed by atoms with van der Waals surface area (Å²) in [5, 5.41) is 3.25. The molecule has 1 fully saturated rings. The van der Waals surface area contributed by atoms with Gasteiger partial charge in [0.15, 0.2) is 0 Å². The van der Waals surface area contributed by atoms with E-state index < -0.39 is 0 Å². The molecule has 0 saturated carbocycles. The Morgan fingerprint density at radius 1 is 1.41 bits per heavy atom. The van der Waals surface area contributed by atoms with E-state index in [-0.39, 0.29) is 17.5 Å². The van der Waals surface area contributed by atoms with E-state index >= 15 is 0 Å². The lowest BCUT2D eigenvalue weighted by atomic mass is 10.0. The summed E-state index contributed by atoms with van der Waals surface area (Å²) in [5.41, 5.74) is 1.24. The van der Waals surface area contributed by atoms with Gasteiger partial charge < -0.3 is 15.2 Å². The Hall–Kier alpha value is -1.66. The van der Waals surface area contributed by atoms with Crippen molar-refractivity contribution >= 4 is 11.0 Å². The molecule has 3 rings (SSSR count). The van der Waals surface area contributed by atoms with Gasteiger partial charge in [-0.1, -0.05) is 0 Å². The molecule has 1 aliphatic heterocycles. The Morgan fingerprint density at radius 2 is 2.14 bits per heavy atom. The van der Waals surface area contributed by atoms with E-state index in [1.54, 1.807) is 10.6 Å². The van der Waals surface area contributed by atoms with Gasteiger partial charge >= 0.3 is 5.69 Å². The molecule has 1 unspecified atom stereocenters. The van der Waals surface area contributed by atoms with Gasteiger partial charge in [0.2, 0.25) is 0 Å². The van der Waals surface area contributed by atoms with Crippen molar-refractivity contribution < 1.29 is 4.39 Å². The van der Waals surface area contributed by atoms with E-state index in [1.165, 1.54) is 12.1 Å². The number of H-pyrrole nitrogens is 1. The van der Waals surface area contributed by atoms with Crippen molar-refractivity contribution in [2.24, 2.45) is 0 Å². The van der Waals surface area contributed by atoms with E-state index in [1.807, 2.05) is 7.05 Å². The van der Waals surface area contributed by atoms with Crippen LogP contribution in [0.4, 0.5) is 4.39 Å². The minimum atomic E-state index is -0.322. The van der Waals surface area contributed by atoms with Crippen LogP contribution in [0.1, 0.15) is 25.8 Å². The number of hydrogen-bond acceptors (Lipinski definition) is 3. The topological polar surface area (TPSA) is 53.1 Å². The van der Waals surface area contributed by atoms with E-state index in [4.69, 9.17) is 0 Å². The zero-order valence-corrected chi connectivity index (χ0v) is 13.1. The lowest BCUT2D eigenvalue weighted by Crippen LogP contribution is -2.43. The normalized spacial score (nSPS) is 18.9. The minimum Gasteiger partial charge on any atom is -0.316 e. The van der Waals surface area contributed by atoms with Gasteiger partial charge in [-0.25, -0.2) is 9.18 Å². The first-order chi connectivity index (χ1) is 10.6. The minimum absolute atomic E-state index is 0.136. The summed E-state index contributed by atoms with van der Waals surface area (Å²) in [6.45, 7) is 5.16. The zero-order valence-electron chi connectivity index (χ0n) is 13.1. The number of aromatic amines is 1. The Morgan fingerprint density at radius 3 is 2.82 bits per heavy atom. The van der Waals surface area contributed by atoms with Gasteiger partial charge in [-0.05, 0) is 45.0 Å². The summed E-state index contributed by atoms with van der Waals surface area (Å²) in [7, 11) is 1.97. The van der Waals surface area contributed by atoms with Gasteiger partial charge in [0.1, 0.15) is 5.82 Å². The third-order valence-corrected chi connectivity index (χ3v) is 4.63. The number of nitrogens with zero attached hydrogens (tertiary/aromatic N) is 2. The molecule has 1 aromatic carbocycles. The number of halogens is 1. The number of benzene rings is 1. The van der Waals surface area contributed by atoms with Gasteiger partial charge in [-0.2, -0.15) is 0 Å². The molecule has 5 nitrogen and oxygen atoms in total. The van der Waals surface area contributed by atoms with Crippen LogP contribution in [0.25, 0.3) is 11.0 Å². The highest BCUT2D eigenvalue weighted by Crippen LogP contribution is 2.25. The van der Waals surface area contributed by atoms with Crippen LogP contribution in [0.5, 0.6) is 0 Å². The number of rotatable bonds is 4. The fraction of sp³-hybridized carbons (Fsp3) is 0.562. The van der Waals surface area contributed by atoms with Crippen LogP contribution in [0, 0.1) is 5.82 Å². The molecule has 0 aliphatic carbocycles. The first-order valence-electron chi connectivity index (χ1n) is 7.88. The molecule has 2 N–H and O–H groups in total. The Balaban J connectivity index is 1.77. The van der Waals surface area contributed by atoms with Gasteiger partial charge in [-0.3, -0.25) is 4.57 Å². The standard InChI is InChI=1S/C16H23FN4O/c1-11(18-2)10-20-7-5-13(6-8-20)21-15-4-3-12(17)9-14(15)19-16(21)22/h3-4,9,11,13,18H,5-8,10H2,1-2H3,(H,19,22). The van der Waals surface area contributed by atoms with Crippen LogP contribution < -0.4 is 11.0 Å². The Kier molecular flexibility index (Phi) is 4.31. The second kappa shape index (κ2) is 6.22. The van der Waals surface area contributed by atoms with Gasteiger partial charge in [0, 0.05) is 31.7 Å². The van der Waals surface area contributed by atoms with E-state index in [0.29, 0.717) is 11.6 Å². The number of piperidine rings is 1. The van der Waals surface area contributed by atoms with Crippen LogP contribution >= 0.6 is 0 Å². The quantitative estimate of drug-likeness (QED) is 0.904. The number of fused-ring (bicyclic) bond motifs is 1. The molecule has 0 amide bonds. The molecule has 0 spiro atoms. The maximum absolute atomic E-state index is 13.3. The molecular weight excluding hydrogens is 283 g/mol. The highest BCUT2D eigenvalue weighted by molar-refractivity contribution is 5.75. The SMILES string of the molecule is CNC(C)CN1CCC(n2c(=O)[nH]c3cc(F)ccc32)CC1. The van der Waals surface area contributed by atoms with Gasteiger partial charge in [0.25, 0.3) is 0 Å². The fourth-order valence-corrected chi connectivity index (χ4v) is 3.30. The number of likely N-dealkylation sites (tertiary alicyclic amines) is 1. The lowest BCUT2D eigenvalue weighted by molar-refractivity contribution is 0.175. The Bertz CT molecular complexity index is 700. The van der Waals surface area contributed by atoms with Crippen LogP contribution in [-0.4, -0.2) is 47.2 Å². The van der Waals surface area contributed by atoms with Gasteiger partial charge in [0.05, 0.1) is 11.0 Å². The van der Waals surface area contributed by atoms with Crippen molar-refractivity contribution in [1.29, 1.82) is 0 Å². The summed E-state index contributed by atoms with van der Waals surface area (Å²) in [6.07, 6.45) is 1.89.